The number of hydrogen-bond acceptors (Lipinski definition) is 5. The third-order valence-electron chi connectivity index (χ3n) is 7.16. The third kappa shape index (κ3) is 6.65. The first-order valence-corrected chi connectivity index (χ1v) is 15.2. The lowest BCUT2D eigenvalue weighted by molar-refractivity contribution is -0.122. The molecule has 1 saturated heterocycles. The maximum Gasteiger partial charge on any atom is 0.267 e. The molecule has 0 radical (unpaired) electrons. The number of carbonyl (C=O) groups excluding carboxylic acids is 1. The predicted molar refractivity (Wildman–Crippen MR) is 177 cm³/mol. The normalized spacial score (nSPS) is 15.0. The molecule has 0 unspecified atom stereocenters. The lowest BCUT2D eigenvalue weighted by Gasteiger charge is -2.15. The van der Waals surface area contributed by atoms with Crippen LogP contribution in [0, 0.1) is 6.92 Å². The van der Waals surface area contributed by atoms with Crippen LogP contribution in [0.5, 0.6) is 11.5 Å². The van der Waals surface area contributed by atoms with E-state index in [4.69, 9.17) is 14.5 Å². The molecule has 5 nitrogen and oxygen atoms in total. The molecule has 5 aromatic carbocycles. The minimum absolute atomic E-state index is 0.0750. The lowest BCUT2D eigenvalue weighted by atomic mass is 10.1. The molecule has 0 aromatic heterocycles. The highest BCUT2D eigenvalue weighted by Gasteiger charge is 2.33. The third-order valence-corrected chi connectivity index (χ3v) is 8.17. The van der Waals surface area contributed by atoms with E-state index in [2.05, 4.69) is 24.3 Å². The largest absolute Gasteiger partial charge is 0.490 e. The highest BCUT2D eigenvalue weighted by Crippen LogP contribution is 2.37. The highest BCUT2D eigenvalue weighted by atomic mass is 32.2. The van der Waals surface area contributed by atoms with Crippen LogP contribution in [0.4, 0.5) is 5.69 Å². The molecule has 1 aliphatic rings. The van der Waals surface area contributed by atoms with Crippen molar-refractivity contribution in [1.29, 1.82) is 0 Å². The van der Waals surface area contributed by atoms with Crippen LogP contribution >= 0.6 is 11.8 Å². The lowest BCUT2D eigenvalue weighted by Crippen LogP contribution is -2.28. The predicted octanol–water partition coefficient (Wildman–Crippen LogP) is 8.93. The maximum atomic E-state index is 13.7. The van der Waals surface area contributed by atoms with E-state index in [1.165, 1.54) is 22.5 Å². The second kappa shape index (κ2) is 13.0. The Hall–Kier alpha value is -4.81. The van der Waals surface area contributed by atoms with Crippen LogP contribution in [0.15, 0.2) is 125 Å². The van der Waals surface area contributed by atoms with Gasteiger partial charge in [-0.25, -0.2) is 4.99 Å². The van der Waals surface area contributed by atoms with Crippen molar-refractivity contribution in [2.45, 2.75) is 27.0 Å². The Balaban J connectivity index is 1.27. The second-order valence-corrected chi connectivity index (χ2v) is 11.3. The molecule has 0 atom stereocenters. The first-order valence-electron chi connectivity index (χ1n) is 14.3. The average molecular weight is 585 g/mol. The molecule has 5 aromatic rings. The summed E-state index contributed by atoms with van der Waals surface area (Å²) < 4.78 is 12.2. The molecule has 0 spiro atoms. The zero-order chi connectivity index (χ0) is 29.6. The van der Waals surface area contributed by atoms with Gasteiger partial charge in [0.1, 0.15) is 6.61 Å². The molecule has 1 amide bonds. The Bertz CT molecular complexity index is 1810. The molecule has 0 aliphatic carbocycles. The Labute approximate surface area is 256 Å². The minimum Gasteiger partial charge on any atom is -0.490 e. The maximum absolute atomic E-state index is 13.7. The number of benzene rings is 5. The zero-order valence-electron chi connectivity index (χ0n) is 24.2. The number of thioether (sulfide) groups is 1. The summed E-state index contributed by atoms with van der Waals surface area (Å²) >= 11 is 1.39. The van der Waals surface area contributed by atoms with E-state index < -0.39 is 0 Å². The van der Waals surface area contributed by atoms with Crippen LogP contribution < -0.4 is 9.47 Å². The number of nitrogens with zero attached hydrogens (tertiary/aromatic N) is 2. The van der Waals surface area contributed by atoms with E-state index in [0.717, 1.165) is 27.9 Å². The summed E-state index contributed by atoms with van der Waals surface area (Å²) in [6, 6.07) is 38.3. The summed E-state index contributed by atoms with van der Waals surface area (Å²) in [6.45, 7) is 5.36. The van der Waals surface area contributed by atoms with Crippen molar-refractivity contribution in [2.75, 3.05) is 6.61 Å². The number of fused-ring (bicyclic) bond motifs is 1. The smallest absolute Gasteiger partial charge is 0.267 e. The SMILES string of the molecule is CCOc1cc(/C=C2/SC(=Nc3ccc(C)cc3)N(Cc3ccccc3)C2=O)ccc1OCc1cccc2ccccc12. The van der Waals surface area contributed by atoms with Gasteiger partial charge in [0.15, 0.2) is 16.7 Å². The Morgan fingerprint density at radius 1 is 0.814 bits per heavy atom. The van der Waals surface area contributed by atoms with Crippen LogP contribution in [0.25, 0.3) is 16.8 Å². The van der Waals surface area contributed by atoms with Gasteiger partial charge in [0, 0.05) is 0 Å². The van der Waals surface area contributed by atoms with Gasteiger partial charge in [-0.2, -0.15) is 0 Å². The second-order valence-electron chi connectivity index (χ2n) is 10.3. The molecule has 1 aliphatic heterocycles. The number of carbonyl (C=O) groups is 1. The van der Waals surface area contributed by atoms with Crippen molar-refractivity contribution < 1.29 is 14.3 Å². The fourth-order valence-electron chi connectivity index (χ4n) is 4.95. The highest BCUT2D eigenvalue weighted by molar-refractivity contribution is 8.18. The first-order chi connectivity index (χ1) is 21.1. The molecule has 6 heteroatoms. The topological polar surface area (TPSA) is 51.1 Å². The van der Waals surface area contributed by atoms with Crippen molar-refractivity contribution in [2.24, 2.45) is 4.99 Å². The van der Waals surface area contributed by atoms with Crippen LogP contribution in [-0.2, 0) is 17.9 Å². The first kappa shape index (κ1) is 28.3. The summed E-state index contributed by atoms with van der Waals surface area (Å²) in [5, 5.41) is 3.01. The molecule has 0 saturated carbocycles. The van der Waals surface area contributed by atoms with E-state index in [0.29, 0.717) is 41.3 Å². The van der Waals surface area contributed by atoms with Gasteiger partial charge >= 0.3 is 0 Å². The van der Waals surface area contributed by atoms with Gasteiger partial charge in [0.05, 0.1) is 23.7 Å². The standard InChI is InChI=1S/C37H32N2O3S/c1-3-41-34-22-28(18-21-33(34)42-25-30-14-9-13-29-12-7-8-15-32(29)30)23-35-36(40)39(24-27-10-5-4-6-11-27)37(43-35)38-31-19-16-26(2)17-20-31/h4-23H,3,24-25H2,1-2H3/b35-23+,38-37?. The average Bonchev–Trinajstić information content (AvgIpc) is 3.31. The van der Waals surface area contributed by atoms with Gasteiger partial charge in [-0.1, -0.05) is 96.6 Å². The fourth-order valence-corrected chi connectivity index (χ4v) is 5.95. The van der Waals surface area contributed by atoms with E-state index in [9.17, 15) is 4.79 Å². The minimum atomic E-state index is -0.0750. The van der Waals surface area contributed by atoms with Gasteiger partial charge in [-0.3, -0.25) is 9.69 Å². The molecule has 1 heterocycles. The molecule has 0 N–H and O–H groups in total. The van der Waals surface area contributed by atoms with Gasteiger partial charge in [0.25, 0.3) is 5.91 Å². The summed E-state index contributed by atoms with van der Waals surface area (Å²) in [5.74, 6) is 1.23. The Morgan fingerprint density at radius 3 is 2.40 bits per heavy atom. The van der Waals surface area contributed by atoms with Crippen molar-refractivity contribution in [3.8, 4) is 11.5 Å². The summed E-state index contributed by atoms with van der Waals surface area (Å²) in [6.07, 6.45) is 1.90. The van der Waals surface area contributed by atoms with E-state index in [1.807, 2.05) is 111 Å². The number of ether oxygens (including phenoxy) is 2. The van der Waals surface area contributed by atoms with Gasteiger partial charge in [0.2, 0.25) is 0 Å². The van der Waals surface area contributed by atoms with Crippen LogP contribution in [0.3, 0.4) is 0 Å². The molecule has 6 rings (SSSR count). The number of hydrogen-bond donors (Lipinski definition) is 0. The van der Waals surface area contributed by atoms with Crippen molar-refractivity contribution in [1.82, 2.24) is 4.90 Å². The molecule has 43 heavy (non-hydrogen) atoms. The Morgan fingerprint density at radius 2 is 1.58 bits per heavy atom. The number of aryl methyl sites for hydroxylation is 1. The quantitative estimate of drug-likeness (QED) is 0.162. The number of amides is 1. The van der Waals surface area contributed by atoms with Gasteiger partial charge in [-0.15, -0.1) is 0 Å². The van der Waals surface area contributed by atoms with Crippen LogP contribution in [-0.4, -0.2) is 22.6 Å². The summed E-state index contributed by atoms with van der Waals surface area (Å²) in [4.78, 5) is 20.9. The van der Waals surface area contributed by atoms with E-state index in [1.54, 1.807) is 4.90 Å². The van der Waals surface area contributed by atoms with Crippen molar-refractivity contribution in [3.63, 3.8) is 0 Å². The van der Waals surface area contributed by atoms with Gasteiger partial charge in [-0.05, 0) is 83.4 Å². The number of amidine groups is 1. The molecular formula is C37H32N2O3S. The molecule has 1 fully saturated rings. The van der Waals surface area contributed by atoms with Gasteiger partial charge < -0.3 is 9.47 Å². The molecule has 0 bridgehead atoms. The van der Waals surface area contributed by atoms with Crippen LogP contribution in [0.1, 0.15) is 29.2 Å². The number of rotatable bonds is 9. The monoisotopic (exact) mass is 584 g/mol. The summed E-state index contributed by atoms with van der Waals surface area (Å²) in [7, 11) is 0. The van der Waals surface area contributed by atoms with Crippen LogP contribution in [0.2, 0.25) is 0 Å². The molecular weight excluding hydrogens is 552 g/mol. The Kier molecular flexibility index (Phi) is 8.57. The zero-order valence-corrected chi connectivity index (χ0v) is 25.0. The van der Waals surface area contributed by atoms with Crippen molar-refractivity contribution in [3.05, 3.63) is 142 Å². The summed E-state index contributed by atoms with van der Waals surface area (Å²) in [5.41, 5.74) is 4.98. The van der Waals surface area contributed by atoms with E-state index >= 15 is 0 Å². The van der Waals surface area contributed by atoms with E-state index in [-0.39, 0.29) is 5.91 Å². The fraction of sp³-hybridized carbons (Fsp3) is 0.135. The number of aliphatic imine (C=N–C) groups is 1. The van der Waals surface area contributed by atoms with Crippen molar-refractivity contribution >= 4 is 45.4 Å². The molecule has 214 valence electrons.